The molecule has 0 spiro atoms. The van der Waals surface area contributed by atoms with Gasteiger partial charge < -0.3 is 19.5 Å². The minimum atomic E-state index is -0.607. The van der Waals surface area contributed by atoms with Gasteiger partial charge in [0.1, 0.15) is 18.1 Å². The Kier molecular flexibility index (Phi) is 6.63. The van der Waals surface area contributed by atoms with Crippen LogP contribution in [0.4, 0.5) is 5.69 Å². The van der Waals surface area contributed by atoms with Crippen LogP contribution in [0.3, 0.4) is 0 Å². The number of benzene rings is 2. The van der Waals surface area contributed by atoms with Crippen LogP contribution in [-0.2, 0) is 9.53 Å². The number of carbonyl (C=O) groups is 1. The molecular formula is C19H23NO4. The lowest BCUT2D eigenvalue weighted by Crippen LogP contribution is -2.30. The van der Waals surface area contributed by atoms with Crippen LogP contribution in [0.5, 0.6) is 11.5 Å². The van der Waals surface area contributed by atoms with E-state index in [1.165, 1.54) is 0 Å². The van der Waals surface area contributed by atoms with Gasteiger partial charge in [-0.05, 0) is 37.6 Å². The number of hydrogen-bond donors (Lipinski definition) is 1. The molecule has 0 aliphatic carbocycles. The molecule has 0 bridgehead atoms. The molecule has 5 nitrogen and oxygen atoms in total. The maximum absolute atomic E-state index is 12.3. The number of aryl methyl sites for hydroxylation is 1. The molecule has 0 aliphatic rings. The van der Waals surface area contributed by atoms with Crippen LogP contribution in [0.15, 0.2) is 48.5 Å². The van der Waals surface area contributed by atoms with Crippen LogP contribution in [0.1, 0.15) is 12.5 Å². The molecule has 0 saturated carbocycles. The number of hydrogen-bond acceptors (Lipinski definition) is 4. The van der Waals surface area contributed by atoms with Gasteiger partial charge in [0, 0.05) is 18.9 Å². The Morgan fingerprint density at radius 1 is 1.12 bits per heavy atom. The van der Waals surface area contributed by atoms with Gasteiger partial charge >= 0.3 is 0 Å². The van der Waals surface area contributed by atoms with Gasteiger partial charge in [-0.1, -0.05) is 24.3 Å². The van der Waals surface area contributed by atoms with Crippen LogP contribution in [0.2, 0.25) is 0 Å². The summed E-state index contributed by atoms with van der Waals surface area (Å²) in [5, 5.41) is 2.84. The van der Waals surface area contributed by atoms with Gasteiger partial charge in [-0.15, -0.1) is 0 Å². The van der Waals surface area contributed by atoms with Crippen molar-refractivity contribution < 1.29 is 19.0 Å². The second kappa shape index (κ2) is 8.93. The van der Waals surface area contributed by atoms with Gasteiger partial charge in [-0.3, -0.25) is 4.79 Å². The highest BCUT2D eigenvalue weighted by Crippen LogP contribution is 2.20. The molecule has 0 aliphatic heterocycles. The number of anilines is 1. The minimum absolute atomic E-state index is 0.215. The van der Waals surface area contributed by atoms with E-state index in [1.54, 1.807) is 20.1 Å². The van der Waals surface area contributed by atoms with E-state index in [1.807, 2.05) is 49.4 Å². The molecule has 2 rings (SSSR count). The second-order valence-electron chi connectivity index (χ2n) is 5.38. The van der Waals surface area contributed by atoms with Crippen molar-refractivity contribution >= 4 is 11.6 Å². The molecule has 128 valence electrons. The van der Waals surface area contributed by atoms with Gasteiger partial charge in [0.2, 0.25) is 0 Å². The second-order valence-corrected chi connectivity index (χ2v) is 5.38. The topological polar surface area (TPSA) is 56.8 Å². The molecule has 5 heteroatoms. The Morgan fingerprint density at radius 2 is 1.92 bits per heavy atom. The molecule has 24 heavy (non-hydrogen) atoms. The largest absolute Gasteiger partial charge is 0.491 e. The number of nitrogens with one attached hydrogen (secondary N) is 1. The molecule has 0 radical (unpaired) electrons. The fourth-order valence-electron chi connectivity index (χ4n) is 2.08. The molecule has 0 saturated heterocycles. The average molecular weight is 329 g/mol. The van der Waals surface area contributed by atoms with Gasteiger partial charge in [-0.2, -0.15) is 0 Å². The molecule has 0 unspecified atom stereocenters. The van der Waals surface area contributed by atoms with E-state index in [0.29, 0.717) is 30.4 Å². The molecule has 1 N–H and O–H groups in total. The maximum Gasteiger partial charge on any atom is 0.265 e. The van der Waals surface area contributed by atoms with Crippen LogP contribution >= 0.6 is 0 Å². The van der Waals surface area contributed by atoms with Crippen molar-refractivity contribution in [2.75, 3.05) is 25.6 Å². The lowest BCUT2D eigenvalue weighted by atomic mass is 10.2. The number of ether oxygens (including phenoxy) is 3. The number of para-hydroxylation sites is 1. The molecule has 0 heterocycles. The monoisotopic (exact) mass is 329 g/mol. The van der Waals surface area contributed by atoms with Crippen molar-refractivity contribution in [3.8, 4) is 11.5 Å². The zero-order chi connectivity index (χ0) is 17.4. The lowest BCUT2D eigenvalue weighted by molar-refractivity contribution is -0.122. The van der Waals surface area contributed by atoms with E-state index in [9.17, 15) is 4.79 Å². The van der Waals surface area contributed by atoms with Gasteiger partial charge in [0.25, 0.3) is 5.91 Å². The first kappa shape index (κ1) is 17.8. The van der Waals surface area contributed by atoms with Crippen LogP contribution < -0.4 is 14.8 Å². The summed E-state index contributed by atoms with van der Waals surface area (Å²) in [6.07, 6.45) is -0.607. The molecule has 2 aromatic rings. The van der Waals surface area contributed by atoms with Crippen molar-refractivity contribution in [1.82, 2.24) is 0 Å². The summed E-state index contributed by atoms with van der Waals surface area (Å²) in [5.41, 5.74) is 1.65. The van der Waals surface area contributed by atoms with Gasteiger partial charge in [0.15, 0.2) is 6.10 Å². The number of amides is 1. The number of methoxy groups -OCH3 is 1. The highest BCUT2D eigenvalue weighted by atomic mass is 16.5. The van der Waals surface area contributed by atoms with E-state index in [0.717, 1.165) is 5.56 Å². The standard InChI is InChI=1S/C19H23NO4/c1-14-7-4-5-10-18(14)24-15(2)19(21)20-16-8-6-9-17(13-16)23-12-11-22-3/h4-10,13,15H,11-12H2,1-3H3,(H,20,21)/t15-/m1/s1. The zero-order valence-corrected chi connectivity index (χ0v) is 14.2. The maximum atomic E-state index is 12.3. The van der Waals surface area contributed by atoms with Crippen molar-refractivity contribution in [3.63, 3.8) is 0 Å². The van der Waals surface area contributed by atoms with Crippen LogP contribution in [0, 0.1) is 6.92 Å². The Hall–Kier alpha value is -2.53. The summed E-state index contributed by atoms with van der Waals surface area (Å²) in [6.45, 7) is 4.64. The summed E-state index contributed by atoms with van der Waals surface area (Å²) in [7, 11) is 1.62. The molecule has 0 aromatic heterocycles. The Labute approximate surface area is 142 Å². The highest BCUT2D eigenvalue weighted by Gasteiger charge is 2.15. The molecule has 0 fully saturated rings. The summed E-state index contributed by atoms with van der Waals surface area (Å²) in [6, 6.07) is 14.8. The van der Waals surface area contributed by atoms with Crippen LogP contribution in [0.25, 0.3) is 0 Å². The van der Waals surface area contributed by atoms with Crippen LogP contribution in [-0.4, -0.2) is 32.3 Å². The fraction of sp³-hybridized carbons (Fsp3) is 0.316. The van der Waals surface area contributed by atoms with Crippen molar-refractivity contribution in [2.45, 2.75) is 20.0 Å². The highest BCUT2D eigenvalue weighted by molar-refractivity contribution is 5.94. The first-order valence-electron chi connectivity index (χ1n) is 7.85. The Bertz CT molecular complexity index is 672. The third-order valence-corrected chi connectivity index (χ3v) is 3.42. The third kappa shape index (κ3) is 5.28. The molecule has 1 amide bonds. The smallest absolute Gasteiger partial charge is 0.265 e. The fourth-order valence-corrected chi connectivity index (χ4v) is 2.08. The zero-order valence-electron chi connectivity index (χ0n) is 14.2. The predicted octanol–water partition coefficient (Wildman–Crippen LogP) is 3.43. The normalized spacial score (nSPS) is 11.6. The van der Waals surface area contributed by atoms with Crippen molar-refractivity contribution in [3.05, 3.63) is 54.1 Å². The van der Waals surface area contributed by atoms with Gasteiger partial charge in [0.05, 0.1) is 6.61 Å². The average Bonchev–Trinajstić information content (AvgIpc) is 2.57. The summed E-state index contributed by atoms with van der Waals surface area (Å²) < 4.78 is 16.2. The van der Waals surface area contributed by atoms with E-state index < -0.39 is 6.10 Å². The molecule has 1 atom stereocenters. The van der Waals surface area contributed by atoms with E-state index in [2.05, 4.69) is 5.32 Å². The minimum Gasteiger partial charge on any atom is -0.491 e. The third-order valence-electron chi connectivity index (χ3n) is 3.42. The predicted molar refractivity (Wildman–Crippen MR) is 93.7 cm³/mol. The summed E-state index contributed by atoms with van der Waals surface area (Å²) in [5.74, 6) is 1.17. The summed E-state index contributed by atoms with van der Waals surface area (Å²) >= 11 is 0. The Balaban J connectivity index is 1.93. The van der Waals surface area contributed by atoms with Gasteiger partial charge in [-0.25, -0.2) is 0 Å². The lowest BCUT2D eigenvalue weighted by Gasteiger charge is -2.16. The van der Waals surface area contributed by atoms with Crippen molar-refractivity contribution in [1.29, 1.82) is 0 Å². The van der Waals surface area contributed by atoms with E-state index in [4.69, 9.17) is 14.2 Å². The first-order chi connectivity index (χ1) is 11.6. The number of carbonyl (C=O) groups excluding carboxylic acids is 1. The molecular weight excluding hydrogens is 306 g/mol. The Morgan fingerprint density at radius 3 is 2.67 bits per heavy atom. The van der Waals surface area contributed by atoms with Crippen molar-refractivity contribution in [2.24, 2.45) is 0 Å². The molecule has 2 aromatic carbocycles. The quantitative estimate of drug-likeness (QED) is 0.754. The summed E-state index contributed by atoms with van der Waals surface area (Å²) in [4.78, 5) is 12.3. The SMILES string of the molecule is COCCOc1cccc(NC(=O)[C@@H](C)Oc2ccccc2C)c1. The first-order valence-corrected chi connectivity index (χ1v) is 7.85. The number of rotatable bonds is 8. The van der Waals surface area contributed by atoms with E-state index in [-0.39, 0.29) is 5.91 Å². The van der Waals surface area contributed by atoms with E-state index >= 15 is 0 Å².